The van der Waals surface area contributed by atoms with Gasteiger partial charge in [-0.3, -0.25) is 4.68 Å². The average Bonchev–Trinajstić information content (AvgIpc) is 3.06. The van der Waals surface area contributed by atoms with Crippen LogP contribution in [-0.4, -0.2) is 22.9 Å². The number of para-hydroxylation sites is 1. The molecule has 1 aromatic heterocycles. The van der Waals surface area contributed by atoms with E-state index in [4.69, 9.17) is 17.0 Å². The molecule has 0 spiro atoms. The van der Waals surface area contributed by atoms with Gasteiger partial charge in [0, 0.05) is 6.54 Å². The van der Waals surface area contributed by atoms with E-state index in [1.54, 1.807) is 0 Å². The summed E-state index contributed by atoms with van der Waals surface area (Å²) in [5.41, 5.74) is 8.14. The van der Waals surface area contributed by atoms with Gasteiger partial charge in [0.1, 0.15) is 23.0 Å². The van der Waals surface area contributed by atoms with Crippen LogP contribution in [0, 0.1) is 6.57 Å². The van der Waals surface area contributed by atoms with Crippen molar-refractivity contribution >= 4 is 11.5 Å². The summed E-state index contributed by atoms with van der Waals surface area (Å²) in [6, 6.07) is 17.4. The number of nitrogens with one attached hydrogen (secondary N) is 1. The van der Waals surface area contributed by atoms with Gasteiger partial charge in [-0.1, -0.05) is 30.3 Å². The fraction of sp³-hybridized carbons (Fsp3) is 0.238. The predicted molar refractivity (Wildman–Crippen MR) is 106 cm³/mol. The molecule has 1 unspecified atom stereocenters. The average molecular weight is 359 g/mol. The van der Waals surface area contributed by atoms with Crippen molar-refractivity contribution < 1.29 is 4.74 Å². The van der Waals surface area contributed by atoms with Crippen LogP contribution in [0.1, 0.15) is 18.9 Å². The third kappa shape index (κ3) is 3.50. The van der Waals surface area contributed by atoms with Crippen LogP contribution in [0.4, 0.5) is 11.5 Å². The fourth-order valence-electron chi connectivity index (χ4n) is 3.37. The molecule has 0 aliphatic carbocycles. The molecule has 1 saturated heterocycles. The van der Waals surface area contributed by atoms with Crippen molar-refractivity contribution in [2.75, 3.05) is 18.8 Å². The highest BCUT2D eigenvalue weighted by atomic mass is 16.5. The summed E-state index contributed by atoms with van der Waals surface area (Å²) in [4.78, 5) is 3.64. The van der Waals surface area contributed by atoms with Gasteiger partial charge in [-0.05, 0) is 49.2 Å². The first-order valence-corrected chi connectivity index (χ1v) is 9.06. The van der Waals surface area contributed by atoms with Crippen molar-refractivity contribution in [3.05, 3.63) is 66.0 Å². The van der Waals surface area contributed by atoms with E-state index < -0.39 is 0 Å². The molecule has 4 rings (SSSR count). The van der Waals surface area contributed by atoms with E-state index in [1.807, 2.05) is 59.3 Å². The first-order chi connectivity index (χ1) is 13.3. The van der Waals surface area contributed by atoms with Crippen molar-refractivity contribution in [2.24, 2.45) is 0 Å². The van der Waals surface area contributed by atoms with Crippen molar-refractivity contribution in [2.45, 2.75) is 18.9 Å². The molecule has 6 nitrogen and oxygen atoms in total. The van der Waals surface area contributed by atoms with Crippen LogP contribution >= 0.6 is 0 Å². The lowest BCUT2D eigenvalue weighted by Crippen LogP contribution is -2.32. The highest BCUT2D eigenvalue weighted by molar-refractivity contribution is 5.83. The number of hydrogen-bond donors (Lipinski definition) is 2. The summed E-state index contributed by atoms with van der Waals surface area (Å²) in [6.45, 7) is 9.39. The van der Waals surface area contributed by atoms with E-state index in [9.17, 15) is 0 Å². The lowest BCUT2D eigenvalue weighted by molar-refractivity contribution is 0.351. The number of anilines is 1. The van der Waals surface area contributed by atoms with Crippen LogP contribution in [0.5, 0.6) is 11.5 Å². The Morgan fingerprint density at radius 2 is 1.85 bits per heavy atom. The first kappa shape index (κ1) is 17.1. The van der Waals surface area contributed by atoms with E-state index >= 15 is 0 Å². The number of nitrogens with two attached hydrogens (primary N) is 1. The quantitative estimate of drug-likeness (QED) is 0.678. The van der Waals surface area contributed by atoms with Gasteiger partial charge in [-0.15, -0.1) is 0 Å². The zero-order valence-electron chi connectivity index (χ0n) is 14.9. The smallest absolute Gasteiger partial charge is 0.254 e. The zero-order valence-corrected chi connectivity index (χ0v) is 14.9. The second-order valence-corrected chi connectivity index (χ2v) is 6.58. The summed E-state index contributed by atoms with van der Waals surface area (Å²) in [5.74, 6) is 1.96. The van der Waals surface area contributed by atoms with E-state index in [0.29, 0.717) is 17.2 Å². The summed E-state index contributed by atoms with van der Waals surface area (Å²) in [7, 11) is 0. The Morgan fingerprint density at radius 3 is 2.52 bits per heavy atom. The van der Waals surface area contributed by atoms with Gasteiger partial charge >= 0.3 is 0 Å². The Balaban J connectivity index is 1.62. The summed E-state index contributed by atoms with van der Waals surface area (Å²) >= 11 is 0. The molecule has 0 radical (unpaired) electrons. The van der Waals surface area contributed by atoms with E-state index in [1.165, 1.54) is 0 Å². The van der Waals surface area contributed by atoms with Gasteiger partial charge in [0.05, 0.1) is 12.6 Å². The molecule has 0 bridgehead atoms. The van der Waals surface area contributed by atoms with Gasteiger partial charge in [0.25, 0.3) is 5.69 Å². The lowest BCUT2D eigenvalue weighted by atomic mass is 10.1. The maximum absolute atomic E-state index is 7.54. The third-order valence-electron chi connectivity index (χ3n) is 4.76. The van der Waals surface area contributed by atoms with Gasteiger partial charge < -0.3 is 15.8 Å². The SMILES string of the molecule is [C-]#[N+]c1c(-c2ccc(Oc3ccccc3)cc2)nn(C2CCCNC2)c1N. The Bertz CT molecular complexity index is 951. The maximum atomic E-state index is 7.54. The summed E-state index contributed by atoms with van der Waals surface area (Å²) < 4.78 is 7.64. The Labute approximate surface area is 158 Å². The number of piperidine rings is 1. The van der Waals surface area contributed by atoms with Gasteiger partial charge in [0.15, 0.2) is 0 Å². The number of rotatable bonds is 4. The van der Waals surface area contributed by atoms with Crippen molar-refractivity contribution in [3.63, 3.8) is 0 Å². The monoisotopic (exact) mass is 359 g/mol. The molecule has 2 heterocycles. The van der Waals surface area contributed by atoms with Gasteiger partial charge in [-0.25, -0.2) is 4.85 Å². The number of hydrogen-bond acceptors (Lipinski definition) is 4. The lowest BCUT2D eigenvalue weighted by Gasteiger charge is -2.24. The van der Waals surface area contributed by atoms with Crippen molar-refractivity contribution in [3.8, 4) is 22.8 Å². The molecule has 0 amide bonds. The van der Waals surface area contributed by atoms with Gasteiger partial charge in [0.2, 0.25) is 0 Å². The van der Waals surface area contributed by atoms with E-state index in [-0.39, 0.29) is 6.04 Å². The Kier molecular flexibility index (Phi) is 4.77. The Morgan fingerprint density at radius 1 is 1.11 bits per heavy atom. The van der Waals surface area contributed by atoms with Crippen LogP contribution in [0.2, 0.25) is 0 Å². The number of ether oxygens (including phenoxy) is 1. The predicted octanol–water partition coefficient (Wildman–Crippen LogP) is 4.40. The van der Waals surface area contributed by atoms with Crippen molar-refractivity contribution in [1.82, 2.24) is 15.1 Å². The van der Waals surface area contributed by atoms with Crippen LogP contribution in [-0.2, 0) is 0 Å². The third-order valence-corrected chi connectivity index (χ3v) is 4.76. The molecule has 3 N–H and O–H groups in total. The van der Waals surface area contributed by atoms with Crippen LogP contribution < -0.4 is 15.8 Å². The summed E-state index contributed by atoms with van der Waals surface area (Å²) in [5, 5.41) is 8.05. The number of nitrogen functional groups attached to an aromatic ring is 1. The minimum atomic E-state index is 0.189. The van der Waals surface area contributed by atoms with Crippen molar-refractivity contribution in [1.29, 1.82) is 0 Å². The Hall–Kier alpha value is -3.30. The van der Waals surface area contributed by atoms with E-state index in [0.717, 1.165) is 43.0 Å². The minimum absolute atomic E-state index is 0.189. The van der Waals surface area contributed by atoms with Gasteiger partial charge in [-0.2, -0.15) is 5.10 Å². The van der Waals surface area contributed by atoms with Crippen LogP contribution in [0.25, 0.3) is 16.1 Å². The molecular formula is C21H21N5O. The van der Waals surface area contributed by atoms with Crippen LogP contribution in [0.3, 0.4) is 0 Å². The molecule has 2 aromatic carbocycles. The minimum Gasteiger partial charge on any atom is -0.457 e. The summed E-state index contributed by atoms with van der Waals surface area (Å²) in [6.07, 6.45) is 2.10. The highest BCUT2D eigenvalue weighted by Crippen LogP contribution is 2.38. The first-order valence-electron chi connectivity index (χ1n) is 9.06. The topological polar surface area (TPSA) is 69.5 Å². The molecule has 1 aliphatic heterocycles. The molecule has 1 atom stereocenters. The number of nitrogens with zero attached hydrogens (tertiary/aromatic N) is 3. The molecule has 136 valence electrons. The van der Waals surface area contributed by atoms with E-state index in [2.05, 4.69) is 15.3 Å². The molecule has 1 aliphatic rings. The molecule has 1 fully saturated rings. The largest absolute Gasteiger partial charge is 0.457 e. The second-order valence-electron chi connectivity index (χ2n) is 6.58. The molecule has 3 aromatic rings. The zero-order chi connectivity index (χ0) is 18.6. The standard InChI is InChI=1S/C21H21N5O/c1-23-20-19(25-26(21(20)22)16-6-5-13-24-14-16)15-9-11-18(12-10-15)27-17-7-3-2-4-8-17/h2-4,7-12,16,24H,5-6,13-14,22H2. The second kappa shape index (κ2) is 7.52. The maximum Gasteiger partial charge on any atom is 0.254 e. The van der Waals surface area contributed by atoms with Crippen LogP contribution in [0.15, 0.2) is 54.6 Å². The highest BCUT2D eigenvalue weighted by Gasteiger charge is 2.23. The normalized spacial score (nSPS) is 16.6. The number of benzene rings is 2. The molecule has 27 heavy (non-hydrogen) atoms. The molecule has 0 saturated carbocycles. The number of aromatic nitrogens is 2. The molecule has 6 heteroatoms. The fourth-order valence-corrected chi connectivity index (χ4v) is 3.37. The molecular weight excluding hydrogens is 338 g/mol.